The Balaban J connectivity index is 0.000000810. The first-order valence-corrected chi connectivity index (χ1v) is 3.64. The van der Waals surface area contributed by atoms with E-state index in [1.54, 1.807) is 0 Å². The molecule has 62 valence electrons. The van der Waals surface area contributed by atoms with Crippen LogP contribution in [0.15, 0.2) is 0 Å². The molecule has 0 aromatic carbocycles. The Kier molecular flexibility index (Phi) is 5.04. The lowest BCUT2D eigenvalue weighted by Crippen LogP contribution is -2.36. The Labute approximate surface area is 68.4 Å². The number of nitrogens with one attached hydrogen (secondary N) is 1. The first kappa shape index (κ1) is 10.2. The van der Waals surface area contributed by atoms with Crippen LogP contribution in [-0.2, 0) is 0 Å². The van der Waals surface area contributed by atoms with Crippen molar-refractivity contribution in [2.24, 2.45) is 11.8 Å². The van der Waals surface area contributed by atoms with Gasteiger partial charge in [0.15, 0.2) is 0 Å². The second kappa shape index (κ2) is 4.94. The van der Waals surface area contributed by atoms with Crippen LogP contribution in [0.3, 0.4) is 0 Å². The molecular weight excluding hydrogens is 150 g/mol. The van der Waals surface area contributed by atoms with Gasteiger partial charge in [-0.3, -0.25) is 0 Å². The molecule has 2 atom stereocenters. The molecule has 0 aliphatic carbocycles. The van der Waals surface area contributed by atoms with Crippen LogP contribution in [-0.4, -0.2) is 24.8 Å². The van der Waals surface area contributed by atoms with Crippen LogP contribution >= 0.6 is 12.4 Å². The van der Waals surface area contributed by atoms with Gasteiger partial charge in [0.2, 0.25) is 0 Å². The van der Waals surface area contributed by atoms with Crippen molar-refractivity contribution in [3.05, 3.63) is 0 Å². The number of hydrogen-bond donors (Lipinski definition) is 2. The molecule has 0 bridgehead atoms. The van der Waals surface area contributed by atoms with Crippen LogP contribution in [0.25, 0.3) is 0 Å². The molecule has 10 heavy (non-hydrogen) atoms. The van der Waals surface area contributed by atoms with Crippen LogP contribution in [0, 0.1) is 11.8 Å². The van der Waals surface area contributed by atoms with E-state index in [0.717, 1.165) is 19.0 Å². The van der Waals surface area contributed by atoms with Gasteiger partial charge in [-0.15, -0.1) is 12.4 Å². The molecule has 2 nitrogen and oxygen atoms in total. The third-order valence-corrected chi connectivity index (χ3v) is 1.92. The van der Waals surface area contributed by atoms with Crippen LogP contribution in [0.1, 0.15) is 13.3 Å². The fraction of sp³-hybridized carbons (Fsp3) is 1.00. The number of piperidine rings is 1. The Hall–Kier alpha value is 0.210. The fourth-order valence-corrected chi connectivity index (χ4v) is 1.41. The zero-order valence-electron chi connectivity index (χ0n) is 6.34. The van der Waals surface area contributed by atoms with E-state index in [1.165, 1.54) is 6.42 Å². The summed E-state index contributed by atoms with van der Waals surface area (Å²) >= 11 is 0. The maximum Gasteiger partial charge on any atom is 0.0471 e. The second-order valence-electron chi connectivity index (χ2n) is 3.05. The van der Waals surface area contributed by atoms with Crippen molar-refractivity contribution < 1.29 is 5.11 Å². The first-order chi connectivity index (χ1) is 4.33. The smallest absolute Gasteiger partial charge is 0.0471 e. The molecule has 0 radical (unpaired) electrons. The van der Waals surface area contributed by atoms with Crippen LogP contribution in [0.4, 0.5) is 0 Å². The lowest BCUT2D eigenvalue weighted by Gasteiger charge is -2.25. The minimum atomic E-state index is 0. The third kappa shape index (κ3) is 2.86. The highest BCUT2D eigenvalue weighted by Crippen LogP contribution is 2.14. The maximum absolute atomic E-state index is 8.77. The molecule has 1 aliphatic heterocycles. The second-order valence-corrected chi connectivity index (χ2v) is 3.05. The minimum absolute atomic E-state index is 0. The predicted octanol–water partition coefficient (Wildman–Crippen LogP) is 0.646. The highest BCUT2D eigenvalue weighted by Gasteiger charge is 2.16. The van der Waals surface area contributed by atoms with Crippen LogP contribution < -0.4 is 5.32 Å². The van der Waals surface area contributed by atoms with Crippen molar-refractivity contribution >= 4 is 12.4 Å². The molecule has 3 heteroatoms. The Morgan fingerprint density at radius 3 is 2.60 bits per heavy atom. The SMILES string of the molecule is C[C@H]1CNC[C@H](CO)C1.Cl. The van der Waals surface area contributed by atoms with E-state index in [1.807, 2.05) is 0 Å². The van der Waals surface area contributed by atoms with Gasteiger partial charge in [0.25, 0.3) is 0 Å². The Morgan fingerprint density at radius 2 is 2.20 bits per heavy atom. The molecule has 0 spiro atoms. The van der Waals surface area contributed by atoms with Gasteiger partial charge in [-0.1, -0.05) is 6.92 Å². The maximum atomic E-state index is 8.77. The molecule has 1 saturated heterocycles. The molecule has 1 fully saturated rings. The topological polar surface area (TPSA) is 32.3 Å². The standard InChI is InChI=1S/C7H15NO.ClH/c1-6-2-7(5-9)4-8-3-6;/h6-9H,2-5H2,1H3;1H/t6-,7-;/m1./s1. The van der Waals surface area contributed by atoms with E-state index < -0.39 is 0 Å². The van der Waals surface area contributed by atoms with Gasteiger partial charge in [0, 0.05) is 13.2 Å². The van der Waals surface area contributed by atoms with E-state index in [2.05, 4.69) is 12.2 Å². The molecule has 1 rings (SSSR count). The number of hydrogen-bond acceptors (Lipinski definition) is 2. The van der Waals surface area contributed by atoms with Crippen molar-refractivity contribution in [3.63, 3.8) is 0 Å². The molecule has 1 aliphatic rings. The van der Waals surface area contributed by atoms with Crippen molar-refractivity contribution in [1.29, 1.82) is 0 Å². The summed E-state index contributed by atoms with van der Waals surface area (Å²) in [6.45, 7) is 4.68. The summed E-state index contributed by atoms with van der Waals surface area (Å²) in [6, 6.07) is 0. The number of aliphatic hydroxyl groups is 1. The van der Waals surface area contributed by atoms with E-state index in [-0.39, 0.29) is 12.4 Å². The predicted molar refractivity (Wildman–Crippen MR) is 44.5 cm³/mol. The van der Waals surface area contributed by atoms with Crippen LogP contribution in [0.5, 0.6) is 0 Å². The number of aliphatic hydroxyl groups excluding tert-OH is 1. The summed E-state index contributed by atoms with van der Waals surface area (Å²) in [5, 5.41) is 12.0. The molecule has 0 aromatic heterocycles. The van der Waals surface area contributed by atoms with Crippen molar-refractivity contribution in [3.8, 4) is 0 Å². The van der Waals surface area contributed by atoms with Gasteiger partial charge in [-0.05, 0) is 24.8 Å². The Morgan fingerprint density at radius 1 is 1.50 bits per heavy atom. The molecule has 0 saturated carbocycles. The molecule has 0 amide bonds. The monoisotopic (exact) mass is 165 g/mol. The van der Waals surface area contributed by atoms with E-state index >= 15 is 0 Å². The molecular formula is C7H16ClNO. The van der Waals surface area contributed by atoms with Crippen molar-refractivity contribution in [2.45, 2.75) is 13.3 Å². The summed E-state index contributed by atoms with van der Waals surface area (Å²) in [5.74, 6) is 1.25. The average molecular weight is 166 g/mol. The number of rotatable bonds is 1. The summed E-state index contributed by atoms with van der Waals surface area (Å²) < 4.78 is 0. The molecule has 0 unspecified atom stereocenters. The summed E-state index contributed by atoms with van der Waals surface area (Å²) in [5.41, 5.74) is 0. The lowest BCUT2D eigenvalue weighted by molar-refractivity contribution is 0.177. The summed E-state index contributed by atoms with van der Waals surface area (Å²) in [6.07, 6.45) is 1.18. The number of halogens is 1. The van der Waals surface area contributed by atoms with Crippen molar-refractivity contribution in [1.82, 2.24) is 5.32 Å². The Bertz CT molecular complexity index is 89.7. The minimum Gasteiger partial charge on any atom is -0.396 e. The highest BCUT2D eigenvalue weighted by molar-refractivity contribution is 5.85. The van der Waals surface area contributed by atoms with Gasteiger partial charge in [-0.25, -0.2) is 0 Å². The zero-order valence-corrected chi connectivity index (χ0v) is 7.16. The van der Waals surface area contributed by atoms with Crippen molar-refractivity contribution in [2.75, 3.05) is 19.7 Å². The van der Waals surface area contributed by atoms with Gasteiger partial charge < -0.3 is 10.4 Å². The lowest BCUT2D eigenvalue weighted by atomic mass is 9.93. The average Bonchev–Trinajstić information content (AvgIpc) is 1.88. The van der Waals surface area contributed by atoms with Gasteiger partial charge in [0.1, 0.15) is 0 Å². The van der Waals surface area contributed by atoms with E-state index in [9.17, 15) is 0 Å². The summed E-state index contributed by atoms with van der Waals surface area (Å²) in [4.78, 5) is 0. The quantitative estimate of drug-likeness (QED) is 0.598. The van der Waals surface area contributed by atoms with Gasteiger partial charge >= 0.3 is 0 Å². The fourth-order valence-electron chi connectivity index (χ4n) is 1.41. The van der Waals surface area contributed by atoms with Gasteiger partial charge in [0.05, 0.1) is 0 Å². The van der Waals surface area contributed by atoms with Crippen LogP contribution in [0.2, 0.25) is 0 Å². The largest absolute Gasteiger partial charge is 0.396 e. The molecule has 1 heterocycles. The van der Waals surface area contributed by atoms with E-state index in [4.69, 9.17) is 5.11 Å². The molecule has 2 N–H and O–H groups in total. The zero-order chi connectivity index (χ0) is 6.69. The third-order valence-electron chi connectivity index (χ3n) is 1.92. The first-order valence-electron chi connectivity index (χ1n) is 3.64. The summed E-state index contributed by atoms with van der Waals surface area (Å²) in [7, 11) is 0. The molecule has 0 aromatic rings. The van der Waals surface area contributed by atoms with Gasteiger partial charge in [-0.2, -0.15) is 0 Å². The van der Waals surface area contributed by atoms with E-state index in [0.29, 0.717) is 12.5 Å². The normalized spacial score (nSPS) is 33.0. The highest BCUT2D eigenvalue weighted by atomic mass is 35.5.